The van der Waals surface area contributed by atoms with Gasteiger partial charge in [-0.25, -0.2) is 0 Å². The number of amides is 1. The zero-order valence-corrected chi connectivity index (χ0v) is 14.7. The predicted molar refractivity (Wildman–Crippen MR) is 95.0 cm³/mol. The highest BCUT2D eigenvalue weighted by Crippen LogP contribution is 2.34. The van der Waals surface area contributed by atoms with E-state index >= 15 is 0 Å². The summed E-state index contributed by atoms with van der Waals surface area (Å²) in [4.78, 5) is 16.9. The van der Waals surface area contributed by atoms with Gasteiger partial charge in [0.1, 0.15) is 0 Å². The molecule has 0 aliphatic carbocycles. The molecule has 0 aromatic heterocycles. The SMILES string of the molecule is CCN(CC)c1ccc(C(=O)N2CCC(CC)(CO)CC2)cc1. The van der Waals surface area contributed by atoms with Crippen LogP contribution in [0.2, 0.25) is 0 Å². The standard InChI is InChI=1S/C19H30N2O2/c1-4-19(15-22)11-13-21(14-12-19)18(23)16-7-9-17(10-8-16)20(5-2)6-3/h7-10,22H,4-6,11-15H2,1-3H3. The number of hydrogen-bond donors (Lipinski definition) is 1. The molecule has 0 radical (unpaired) electrons. The Labute approximate surface area is 140 Å². The van der Waals surface area contributed by atoms with Crippen LogP contribution in [0.25, 0.3) is 0 Å². The van der Waals surface area contributed by atoms with Gasteiger partial charge in [-0.1, -0.05) is 6.92 Å². The topological polar surface area (TPSA) is 43.8 Å². The van der Waals surface area contributed by atoms with Crippen molar-refractivity contribution < 1.29 is 9.90 Å². The number of anilines is 1. The van der Waals surface area contributed by atoms with Crippen LogP contribution in [0.1, 0.15) is 50.4 Å². The highest BCUT2D eigenvalue weighted by molar-refractivity contribution is 5.94. The summed E-state index contributed by atoms with van der Waals surface area (Å²) < 4.78 is 0. The van der Waals surface area contributed by atoms with Crippen LogP contribution in [0.5, 0.6) is 0 Å². The number of aliphatic hydroxyl groups excluding tert-OH is 1. The molecule has 1 aliphatic heterocycles. The lowest BCUT2D eigenvalue weighted by atomic mass is 9.77. The number of hydrogen-bond acceptors (Lipinski definition) is 3. The summed E-state index contributed by atoms with van der Waals surface area (Å²) in [5, 5.41) is 9.60. The van der Waals surface area contributed by atoms with Gasteiger partial charge in [0.05, 0.1) is 0 Å². The maximum absolute atomic E-state index is 12.7. The largest absolute Gasteiger partial charge is 0.396 e. The van der Waals surface area contributed by atoms with Crippen molar-refractivity contribution in [2.24, 2.45) is 5.41 Å². The van der Waals surface area contributed by atoms with Crippen LogP contribution >= 0.6 is 0 Å². The molecule has 128 valence electrons. The van der Waals surface area contributed by atoms with Gasteiger partial charge in [-0.15, -0.1) is 0 Å². The van der Waals surface area contributed by atoms with Gasteiger partial charge in [0.25, 0.3) is 5.91 Å². The Morgan fingerprint density at radius 3 is 2.13 bits per heavy atom. The third-order valence-corrected chi connectivity index (χ3v) is 5.44. The number of aliphatic hydroxyl groups is 1. The summed E-state index contributed by atoms with van der Waals surface area (Å²) in [6.07, 6.45) is 2.76. The van der Waals surface area contributed by atoms with E-state index in [0.29, 0.717) is 0 Å². The normalized spacial score (nSPS) is 17.1. The van der Waals surface area contributed by atoms with E-state index in [2.05, 4.69) is 25.7 Å². The monoisotopic (exact) mass is 318 g/mol. The molecular weight excluding hydrogens is 288 g/mol. The lowest BCUT2D eigenvalue weighted by molar-refractivity contribution is 0.0338. The van der Waals surface area contributed by atoms with Crippen LogP contribution < -0.4 is 4.90 Å². The van der Waals surface area contributed by atoms with Crippen molar-refractivity contribution in [3.8, 4) is 0 Å². The maximum Gasteiger partial charge on any atom is 0.253 e. The zero-order valence-electron chi connectivity index (χ0n) is 14.7. The third-order valence-electron chi connectivity index (χ3n) is 5.44. The minimum atomic E-state index is 0.0173. The molecule has 0 unspecified atom stereocenters. The Balaban J connectivity index is 2.01. The van der Waals surface area contributed by atoms with Crippen LogP contribution in [-0.2, 0) is 0 Å². The summed E-state index contributed by atoms with van der Waals surface area (Å²) in [7, 11) is 0. The molecule has 1 aromatic carbocycles. The number of piperidine rings is 1. The Kier molecular flexibility index (Phi) is 6.05. The minimum absolute atomic E-state index is 0.0173. The average molecular weight is 318 g/mol. The Hall–Kier alpha value is -1.55. The van der Waals surface area contributed by atoms with Crippen molar-refractivity contribution in [2.75, 3.05) is 37.7 Å². The number of benzene rings is 1. The number of carbonyl (C=O) groups is 1. The van der Waals surface area contributed by atoms with Crippen LogP contribution in [0.15, 0.2) is 24.3 Å². The summed E-state index contributed by atoms with van der Waals surface area (Å²) >= 11 is 0. The molecule has 1 aliphatic rings. The molecule has 0 atom stereocenters. The fraction of sp³-hybridized carbons (Fsp3) is 0.632. The fourth-order valence-corrected chi connectivity index (χ4v) is 3.39. The summed E-state index contributed by atoms with van der Waals surface area (Å²) in [6, 6.07) is 7.94. The smallest absolute Gasteiger partial charge is 0.253 e. The highest BCUT2D eigenvalue weighted by atomic mass is 16.3. The molecule has 0 saturated carbocycles. The van der Waals surface area contributed by atoms with E-state index in [1.54, 1.807) is 0 Å². The Morgan fingerprint density at radius 2 is 1.70 bits per heavy atom. The average Bonchev–Trinajstić information content (AvgIpc) is 2.63. The molecule has 1 aromatic rings. The molecule has 2 rings (SSSR count). The first-order chi connectivity index (χ1) is 11.1. The van der Waals surface area contributed by atoms with Gasteiger partial charge < -0.3 is 14.9 Å². The highest BCUT2D eigenvalue weighted by Gasteiger charge is 2.34. The lowest BCUT2D eigenvalue weighted by Crippen LogP contribution is -2.44. The molecule has 0 bridgehead atoms. The van der Waals surface area contributed by atoms with Crippen LogP contribution in [0, 0.1) is 5.41 Å². The minimum Gasteiger partial charge on any atom is -0.396 e. The number of rotatable bonds is 6. The maximum atomic E-state index is 12.7. The van der Waals surface area contributed by atoms with E-state index in [9.17, 15) is 9.90 Å². The van der Waals surface area contributed by atoms with Crippen molar-refractivity contribution in [1.29, 1.82) is 0 Å². The van der Waals surface area contributed by atoms with Gasteiger partial charge >= 0.3 is 0 Å². The molecule has 1 fully saturated rings. The molecule has 1 heterocycles. The Bertz CT molecular complexity index is 495. The van der Waals surface area contributed by atoms with Crippen LogP contribution in [0.3, 0.4) is 0 Å². The van der Waals surface area contributed by atoms with Gasteiger partial charge in [-0.3, -0.25) is 4.79 Å². The first-order valence-electron chi connectivity index (χ1n) is 8.84. The summed E-state index contributed by atoms with van der Waals surface area (Å²) in [5.74, 6) is 0.110. The van der Waals surface area contributed by atoms with Crippen molar-refractivity contribution in [3.05, 3.63) is 29.8 Å². The second-order valence-corrected chi connectivity index (χ2v) is 6.52. The second kappa shape index (κ2) is 7.82. The van der Waals surface area contributed by atoms with E-state index in [1.807, 2.05) is 29.2 Å². The molecule has 1 amide bonds. The van der Waals surface area contributed by atoms with E-state index in [-0.39, 0.29) is 17.9 Å². The molecule has 0 spiro atoms. The zero-order chi connectivity index (χ0) is 16.9. The first kappa shape index (κ1) is 17.8. The van der Waals surface area contributed by atoms with Crippen molar-refractivity contribution in [3.63, 3.8) is 0 Å². The number of likely N-dealkylation sites (tertiary alicyclic amines) is 1. The van der Waals surface area contributed by atoms with Gasteiger partial charge in [0.15, 0.2) is 0 Å². The van der Waals surface area contributed by atoms with Crippen LogP contribution in [-0.4, -0.2) is 48.7 Å². The molecular formula is C19H30N2O2. The van der Waals surface area contributed by atoms with E-state index in [1.165, 1.54) is 0 Å². The van der Waals surface area contributed by atoms with E-state index in [4.69, 9.17) is 0 Å². The predicted octanol–water partition coefficient (Wildman–Crippen LogP) is 3.16. The molecule has 1 saturated heterocycles. The van der Waals surface area contributed by atoms with Gasteiger partial charge in [-0.2, -0.15) is 0 Å². The molecule has 1 N–H and O–H groups in total. The van der Waals surface area contributed by atoms with Crippen molar-refractivity contribution in [1.82, 2.24) is 4.90 Å². The van der Waals surface area contributed by atoms with Gasteiger partial charge in [0, 0.05) is 44.0 Å². The molecule has 4 nitrogen and oxygen atoms in total. The van der Waals surface area contributed by atoms with Gasteiger partial charge in [-0.05, 0) is 62.8 Å². The summed E-state index contributed by atoms with van der Waals surface area (Å²) in [5.41, 5.74) is 1.94. The first-order valence-corrected chi connectivity index (χ1v) is 8.84. The van der Waals surface area contributed by atoms with E-state index < -0.39 is 0 Å². The quantitative estimate of drug-likeness (QED) is 0.876. The van der Waals surface area contributed by atoms with Crippen LogP contribution in [0.4, 0.5) is 5.69 Å². The van der Waals surface area contributed by atoms with Gasteiger partial charge in [0.2, 0.25) is 0 Å². The van der Waals surface area contributed by atoms with E-state index in [0.717, 1.165) is 56.7 Å². The molecule has 23 heavy (non-hydrogen) atoms. The second-order valence-electron chi connectivity index (χ2n) is 6.52. The number of carbonyl (C=O) groups excluding carboxylic acids is 1. The summed E-state index contributed by atoms with van der Waals surface area (Å²) in [6.45, 7) is 10.0. The van der Waals surface area contributed by atoms with Crippen molar-refractivity contribution >= 4 is 11.6 Å². The van der Waals surface area contributed by atoms with Crippen molar-refractivity contribution in [2.45, 2.75) is 40.0 Å². The molecule has 4 heteroatoms. The Morgan fingerprint density at radius 1 is 1.13 bits per heavy atom. The fourth-order valence-electron chi connectivity index (χ4n) is 3.39. The number of nitrogens with zero attached hydrogens (tertiary/aromatic N) is 2. The third kappa shape index (κ3) is 3.86. The lowest BCUT2D eigenvalue weighted by Gasteiger charge is -2.40.